The van der Waals surface area contributed by atoms with E-state index in [0.29, 0.717) is 0 Å². The number of nitrogens with one attached hydrogen (secondary N) is 1. The molecule has 4 nitrogen and oxygen atoms in total. The quantitative estimate of drug-likeness (QED) is 0.290. The van der Waals surface area contributed by atoms with Crippen LogP contribution in [-0.4, -0.2) is 5.50 Å². The Labute approximate surface area is 115 Å². The molecule has 3 aromatic rings. The van der Waals surface area contributed by atoms with Gasteiger partial charge in [-0.25, -0.2) is 0 Å². The normalized spacial score (nSPS) is 13.9. The van der Waals surface area contributed by atoms with Crippen LogP contribution in [0, 0.1) is 0 Å². The van der Waals surface area contributed by atoms with Gasteiger partial charge in [-0.1, -0.05) is 30.3 Å². The molecule has 0 aliphatic heterocycles. The fourth-order valence-corrected chi connectivity index (χ4v) is 2.16. The van der Waals surface area contributed by atoms with Crippen LogP contribution in [0.5, 0.6) is 0 Å². The van der Waals surface area contributed by atoms with E-state index in [0.717, 1.165) is 27.1 Å². The highest BCUT2D eigenvalue weighted by Gasteiger charge is 2.04. The molecule has 0 radical (unpaired) electrons. The average Bonchev–Trinajstić information content (AvgIpc) is 2.44. The zero-order chi connectivity index (χ0) is 13.2. The van der Waals surface area contributed by atoms with Gasteiger partial charge in [-0.15, -0.1) is 12.6 Å². The van der Waals surface area contributed by atoms with Gasteiger partial charge >= 0.3 is 0 Å². The van der Waals surface area contributed by atoms with Crippen molar-refractivity contribution in [2.75, 3.05) is 0 Å². The van der Waals surface area contributed by atoms with Crippen LogP contribution in [0.3, 0.4) is 0 Å². The lowest BCUT2D eigenvalue weighted by atomic mass is 10.1. The highest BCUT2D eigenvalue weighted by atomic mass is 32.1. The summed E-state index contributed by atoms with van der Waals surface area (Å²) in [6.07, 6.45) is 1.61. The number of thiol groups is 1. The van der Waals surface area contributed by atoms with Crippen LogP contribution < -0.4 is 16.5 Å². The largest absolute Gasteiger partial charge is 0.464 e. The second kappa shape index (κ2) is 4.95. The molecule has 1 atom stereocenters. The van der Waals surface area contributed by atoms with Crippen molar-refractivity contribution in [2.45, 2.75) is 5.50 Å². The first-order chi connectivity index (χ1) is 9.25. The van der Waals surface area contributed by atoms with Gasteiger partial charge in [-0.2, -0.15) is 5.10 Å². The Hall–Kier alpha value is -1.98. The molecule has 0 fully saturated rings. The molecule has 0 saturated heterocycles. The number of benzene rings is 2. The summed E-state index contributed by atoms with van der Waals surface area (Å²) in [7, 11) is 0. The summed E-state index contributed by atoms with van der Waals surface area (Å²) in [5, 5.41) is 8.25. The minimum Gasteiger partial charge on any atom is -0.464 e. The number of hydrogen-bond donors (Lipinski definition) is 3. The predicted octanol–water partition coefficient (Wildman–Crippen LogP) is 2.16. The van der Waals surface area contributed by atoms with Gasteiger partial charge < -0.3 is 10.2 Å². The van der Waals surface area contributed by atoms with Crippen molar-refractivity contribution >= 4 is 34.4 Å². The van der Waals surface area contributed by atoms with E-state index < -0.39 is 5.50 Å². The van der Waals surface area contributed by atoms with Gasteiger partial charge in [0.1, 0.15) is 11.1 Å². The summed E-state index contributed by atoms with van der Waals surface area (Å²) in [6, 6.07) is 13.9. The van der Waals surface area contributed by atoms with E-state index in [1.165, 1.54) is 0 Å². The third kappa shape index (κ3) is 2.30. The number of nitrogens with zero attached hydrogens (tertiary/aromatic N) is 1. The Kier molecular flexibility index (Phi) is 3.15. The summed E-state index contributed by atoms with van der Waals surface area (Å²) < 4.78 is 5.53. The van der Waals surface area contributed by atoms with E-state index >= 15 is 0 Å². The van der Waals surface area contributed by atoms with Crippen LogP contribution in [0.1, 0.15) is 0 Å². The predicted molar refractivity (Wildman–Crippen MR) is 79.4 cm³/mol. The second-order valence-corrected chi connectivity index (χ2v) is 4.71. The van der Waals surface area contributed by atoms with E-state index in [4.69, 9.17) is 10.2 Å². The van der Waals surface area contributed by atoms with Gasteiger partial charge in [0.15, 0.2) is 0 Å². The van der Waals surface area contributed by atoms with Crippen LogP contribution in [0.4, 0.5) is 0 Å². The second-order valence-electron chi connectivity index (χ2n) is 4.15. The van der Waals surface area contributed by atoms with Crippen LogP contribution in [0.2, 0.25) is 0 Å². The molecule has 3 rings (SSSR count). The fraction of sp³-hybridized carbons (Fsp3) is 0.0714. The van der Waals surface area contributed by atoms with E-state index in [1.54, 1.807) is 12.3 Å². The zero-order valence-electron chi connectivity index (χ0n) is 10.1. The molecule has 0 aliphatic carbocycles. The molecule has 2 aromatic carbocycles. The first-order valence-electron chi connectivity index (χ1n) is 5.88. The molecular weight excluding hydrogens is 258 g/mol. The SMILES string of the molecule is NC(S)NN=c1ccoc2ccc3ccccc3c12. The number of hydrogen-bond acceptors (Lipinski definition) is 5. The van der Waals surface area contributed by atoms with Gasteiger partial charge in [0.2, 0.25) is 0 Å². The van der Waals surface area contributed by atoms with Crippen molar-refractivity contribution in [3.63, 3.8) is 0 Å². The summed E-state index contributed by atoms with van der Waals surface area (Å²) in [5.74, 6) is 0. The molecule has 3 N–H and O–H groups in total. The Morgan fingerprint density at radius 3 is 2.84 bits per heavy atom. The first-order valence-corrected chi connectivity index (χ1v) is 6.39. The molecule has 5 heteroatoms. The maximum atomic E-state index is 5.53. The topological polar surface area (TPSA) is 63.5 Å². The molecule has 0 saturated carbocycles. The van der Waals surface area contributed by atoms with Crippen molar-refractivity contribution < 1.29 is 4.42 Å². The van der Waals surface area contributed by atoms with Crippen molar-refractivity contribution in [3.8, 4) is 0 Å². The molecule has 19 heavy (non-hydrogen) atoms. The Bertz CT molecular complexity index is 795. The van der Waals surface area contributed by atoms with Gasteiger partial charge in [0.25, 0.3) is 0 Å². The van der Waals surface area contributed by atoms with E-state index in [-0.39, 0.29) is 0 Å². The summed E-state index contributed by atoms with van der Waals surface area (Å²) in [5.41, 5.74) is 8.57. The van der Waals surface area contributed by atoms with Gasteiger partial charge in [-0.05, 0) is 16.8 Å². The van der Waals surface area contributed by atoms with Crippen LogP contribution in [-0.2, 0) is 0 Å². The Balaban J connectivity index is 2.39. The van der Waals surface area contributed by atoms with Crippen LogP contribution in [0.25, 0.3) is 21.7 Å². The molecule has 1 aromatic heterocycles. The van der Waals surface area contributed by atoms with Gasteiger partial charge in [-0.3, -0.25) is 5.43 Å². The third-order valence-electron chi connectivity index (χ3n) is 2.89. The number of nitrogens with two attached hydrogens (primary N) is 1. The number of fused-ring (bicyclic) bond motifs is 3. The fourth-order valence-electron chi connectivity index (χ4n) is 2.10. The molecule has 0 spiro atoms. The molecule has 0 amide bonds. The lowest BCUT2D eigenvalue weighted by Gasteiger charge is -2.05. The van der Waals surface area contributed by atoms with E-state index in [1.807, 2.05) is 30.3 Å². The maximum Gasteiger partial charge on any atom is 0.136 e. The maximum absolute atomic E-state index is 5.53. The van der Waals surface area contributed by atoms with Crippen molar-refractivity contribution in [3.05, 3.63) is 54.1 Å². The van der Waals surface area contributed by atoms with E-state index in [9.17, 15) is 0 Å². The zero-order valence-corrected chi connectivity index (χ0v) is 11.0. The standard InChI is InChI=1S/C14H13N3OS/c15-14(19)17-16-11-7-8-18-12-6-5-9-3-1-2-4-10(9)13(11)12/h1-8,14,17,19H,15H2. The summed E-state index contributed by atoms with van der Waals surface area (Å²) in [4.78, 5) is 0. The average molecular weight is 271 g/mol. The monoisotopic (exact) mass is 271 g/mol. The first kappa shape index (κ1) is 12.1. The van der Waals surface area contributed by atoms with Crippen molar-refractivity contribution in [2.24, 2.45) is 10.8 Å². The van der Waals surface area contributed by atoms with Crippen molar-refractivity contribution in [1.82, 2.24) is 5.43 Å². The molecule has 1 unspecified atom stereocenters. The Morgan fingerprint density at radius 1 is 1.16 bits per heavy atom. The van der Waals surface area contributed by atoms with E-state index in [2.05, 4.69) is 29.2 Å². The molecular formula is C14H13N3OS. The highest BCUT2D eigenvalue weighted by molar-refractivity contribution is 7.80. The minimum absolute atomic E-state index is 0.498. The van der Waals surface area contributed by atoms with Gasteiger partial charge in [0, 0.05) is 6.07 Å². The smallest absolute Gasteiger partial charge is 0.136 e. The number of rotatable bonds is 2. The molecule has 96 valence electrons. The van der Waals surface area contributed by atoms with Crippen LogP contribution >= 0.6 is 12.6 Å². The lowest BCUT2D eigenvalue weighted by Crippen LogP contribution is -2.29. The lowest BCUT2D eigenvalue weighted by molar-refractivity contribution is 0.600. The molecule has 1 heterocycles. The molecule has 0 aliphatic rings. The third-order valence-corrected chi connectivity index (χ3v) is 3.00. The Morgan fingerprint density at radius 2 is 2.00 bits per heavy atom. The van der Waals surface area contributed by atoms with Gasteiger partial charge in [0.05, 0.1) is 17.0 Å². The summed E-state index contributed by atoms with van der Waals surface area (Å²) in [6.45, 7) is 0. The minimum atomic E-state index is -0.498. The molecule has 0 bridgehead atoms. The summed E-state index contributed by atoms with van der Waals surface area (Å²) >= 11 is 4.05. The van der Waals surface area contributed by atoms with Crippen LogP contribution in [0.15, 0.2) is 58.2 Å². The van der Waals surface area contributed by atoms with Crippen molar-refractivity contribution in [1.29, 1.82) is 0 Å². The highest BCUT2D eigenvalue weighted by Crippen LogP contribution is 2.22.